The summed E-state index contributed by atoms with van der Waals surface area (Å²) in [6.45, 7) is -0.301. The van der Waals surface area contributed by atoms with E-state index in [-0.39, 0.29) is 17.9 Å². The van der Waals surface area contributed by atoms with Gasteiger partial charge in [-0.1, -0.05) is 35.2 Å². The van der Waals surface area contributed by atoms with Crippen LogP contribution in [-0.2, 0) is 20.9 Å². The van der Waals surface area contributed by atoms with Crippen LogP contribution in [0, 0.1) is 16.0 Å². The van der Waals surface area contributed by atoms with Gasteiger partial charge in [-0.2, -0.15) is 0 Å². The number of non-ortho nitro benzene ring substituents is 1. The lowest BCUT2D eigenvalue weighted by Crippen LogP contribution is -2.33. The summed E-state index contributed by atoms with van der Waals surface area (Å²) < 4.78 is 11.8. The van der Waals surface area contributed by atoms with Crippen molar-refractivity contribution in [1.82, 2.24) is 4.57 Å². The standard InChI is InChI=1S/C30H24N4O8S2/c1-41-20-11-3-16(4-12-20)23-24-25(28(37)33(27(24)36)18-7-9-19(10-8-18)34(39)40)43-29-26(23)44-30(38)32(29)15-22(35)31-17-5-13-21(42-2)14-6-17/h3-14,23-25H,15H2,1-2H3,(H,31,35)/t23-,24?,25?/m0/s1. The first-order valence-corrected chi connectivity index (χ1v) is 15.0. The topological polar surface area (TPSA) is 150 Å². The van der Waals surface area contributed by atoms with Gasteiger partial charge in [0.15, 0.2) is 0 Å². The first-order chi connectivity index (χ1) is 21.2. The molecule has 0 radical (unpaired) electrons. The number of nitrogens with zero attached hydrogens (tertiary/aromatic N) is 3. The fourth-order valence-electron chi connectivity index (χ4n) is 5.42. The van der Waals surface area contributed by atoms with Gasteiger partial charge in [-0.15, -0.1) is 0 Å². The van der Waals surface area contributed by atoms with Crippen molar-refractivity contribution < 1.29 is 28.8 Å². The number of rotatable bonds is 8. The van der Waals surface area contributed by atoms with E-state index in [1.807, 2.05) is 0 Å². The maximum atomic E-state index is 14.0. The second kappa shape index (κ2) is 11.6. The molecule has 0 aliphatic carbocycles. The molecule has 2 unspecified atom stereocenters. The van der Waals surface area contributed by atoms with Gasteiger partial charge in [-0.25, -0.2) is 4.90 Å². The lowest BCUT2D eigenvalue weighted by atomic mass is 9.83. The van der Waals surface area contributed by atoms with Gasteiger partial charge in [0.1, 0.15) is 23.3 Å². The van der Waals surface area contributed by atoms with Crippen LogP contribution in [0.15, 0.2) is 82.6 Å². The maximum Gasteiger partial charge on any atom is 0.308 e. The third kappa shape index (κ3) is 5.11. The van der Waals surface area contributed by atoms with Crippen LogP contribution in [0.25, 0.3) is 0 Å². The summed E-state index contributed by atoms with van der Waals surface area (Å²) in [6.07, 6.45) is 0. The van der Waals surface area contributed by atoms with E-state index in [9.17, 15) is 29.3 Å². The van der Waals surface area contributed by atoms with Gasteiger partial charge in [-0.05, 0) is 54.1 Å². The van der Waals surface area contributed by atoms with E-state index < -0.39 is 44.6 Å². The number of thioether (sulfide) groups is 1. The number of nitro groups is 1. The highest BCUT2D eigenvalue weighted by atomic mass is 32.2. The van der Waals surface area contributed by atoms with Crippen LogP contribution in [0.2, 0.25) is 0 Å². The monoisotopic (exact) mass is 632 g/mol. The minimum atomic E-state index is -0.901. The smallest absolute Gasteiger partial charge is 0.308 e. The number of hydrogen-bond donors (Lipinski definition) is 1. The predicted molar refractivity (Wildman–Crippen MR) is 164 cm³/mol. The van der Waals surface area contributed by atoms with Crippen LogP contribution in [0.5, 0.6) is 11.5 Å². The summed E-state index contributed by atoms with van der Waals surface area (Å²) in [7, 11) is 3.07. The molecule has 6 rings (SSSR count). The molecule has 3 atom stereocenters. The summed E-state index contributed by atoms with van der Waals surface area (Å²) in [5.41, 5.74) is 1.26. The van der Waals surface area contributed by atoms with Crippen molar-refractivity contribution in [1.29, 1.82) is 0 Å². The van der Waals surface area contributed by atoms with E-state index in [1.54, 1.807) is 48.5 Å². The first kappa shape index (κ1) is 29.1. The molecule has 3 aromatic carbocycles. The largest absolute Gasteiger partial charge is 0.497 e. The van der Waals surface area contributed by atoms with Gasteiger partial charge in [0.2, 0.25) is 17.7 Å². The molecule has 0 saturated carbocycles. The number of ether oxygens (including phenoxy) is 2. The number of imide groups is 1. The highest BCUT2D eigenvalue weighted by molar-refractivity contribution is 8.00. The Morgan fingerprint density at radius 2 is 1.52 bits per heavy atom. The zero-order valence-electron chi connectivity index (χ0n) is 23.3. The Labute approximate surface area is 258 Å². The Morgan fingerprint density at radius 1 is 0.909 bits per heavy atom. The number of nitro benzene ring substituents is 1. The third-order valence-corrected chi connectivity index (χ3v) is 10.1. The highest BCUT2D eigenvalue weighted by Crippen LogP contribution is 2.54. The maximum absolute atomic E-state index is 14.0. The van der Waals surface area contributed by atoms with E-state index in [0.29, 0.717) is 32.7 Å². The van der Waals surface area contributed by atoms with Crippen molar-refractivity contribution in [2.45, 2.75) is 22.7 Å². The number of carbonyl (C=O) groups excluding carboxylic acids is 3. The van der Waals surface area contributed by atoms with E-state index in [1.165, 1.54) is 43.1 Å². The highest BCUT2D eigenvalue weighted by Gasteiger charge is 2.56. The average Bonchev–Trinajstić information content (AvgIpc) is 3.47. The summed E-state index contributed by atoms with van der Waals surface area (Å²) >= 11 is 2.02. The molecule has 14 heteroatoms. The quantitative estimate of drug-likeness (QED) is 0.171. The molecule has 2 aliphatic rings. The van der Waals surface area contributed by atoms with Crippen LogP contribution < -0.4 is 24.6 Å². The molecule has 3 amide bonds. The molecular weight excluding hydrogens is 608 g/mol. The Hall–Kier alpha value is -4.95. The van der Waals surface area contributed by atoms with Gasteiger partial charge in [0.25, 0.3) is 5.69 Å². The molecule has 12 nitrogen and oxygen atoms in total. The molecule has 4 aromatic rings. The third-order valence-electron chi connectivity index (χ3n) is 7.52. The normalized spacial score (nSPS) is 18.9. The summed E-state index contributed by atoms with van der Waals surface area (Å²) in [6, 6.07) is 19.0. The molecule has 1 fully saturated rings. The summed E-state index contributed by atoms with van der Waals surface area (Å²) in [5.74, 6) is -1.72. The molecule has 224 valence electrons. The molecule has 1 saturated heterocycles. The van der Waals surface area contributed by atoms with E-state index in [4.69, 9.17) is 9.47 Å². The number of methoxy groups -OCH3 is 2. The van der Waals surface area contributed by atoms with Crippen molar-refractivity contribution in [3.05, 3.63) is 103 Å². The number of hydrogen-bond acceptors (Lipinski definition) is 10. The van der Waals surface area contributed by atoms with E-state index in [2.05, 4.69) is 5.32 Å². The van der Waals surface area contributed by atoms with Crippen molar-refractivity contribution in [3.63, 3.8) is 0 Å². The number of anilines is 2. The zero-order valence-corrected chi connectivity index (χ0v) is 24.9. The van der Waals surface area contributed by atoms with Gasteiger partial charge >= 0.3 is 4.87 Å². The SMILES string of the molecule is COc1ccc(NC(=O)Cn2c3c(sc2=O)[C@@H](c2ccc(OC)cc2)C2C(=O)N(c4ccc([N+](=O)[O-])cc4)C(=O)C2S3)cc1. The molecule has 44 heavy (non-hydrogen) atoms. The van der Waals surface area contributed by atoms with Crippen LogP contribution in [-0.4, -0.2) is 46.7 Å². The Bertz CT molecular complexity index is 1830. The van der Waals surface area contributed by atoms with Crippen molar-refractivity contribution in [2.75, 3.05) is 24.4 Å². The summed E-state index contributed by atoms with van der Waals surface area (Å²) in [5, 5.41) is 13.5. The number of thiazole rings is 1. The number of nitrogens with one attached hydrogen (secondary N) is 1. The van der Waals surface area contributed by atoms with E-state index >= 15 is 0 Å². The van der Waals surface area contributed by atoms with Crippen molar-refractivity contribution in [2.24, 2.45) is 5.92 Å². The van der Waals surface area contributed by atoms with Gasteiger partial charge < -0.3 is 14.8 Å². The fourth-order valence-corrected chi connectivity index (χ4v) is 8.20. The van der Waals surface area contributed by atoms with Gasteiger partial charge in [0.05, 0.1) is 35.8 Å². The van der Waals surface area contributed by atoms with E-state index in [0.717, 1.165) is 28.0 Å². The Balaban J connectivity index is 1.38. The number of carbonyl (C=O) groups is 3. The Kier molecular flexibility index (Phi) is 7.69. The number of benzene rings is 3. The van der Waals surface area contributed by atoms with Crippen LogP contribution in [0.3, 0.4) is 0 Å². The van der Waals surface area contributed by atoms with Crippen LogP contribution in [0.1, 0.15) is 16.4 Å². The lowest BCUT2D eigenvalue weighted by molar-refractivity contribution is -0.384. The lowest BCUT2D eigenvalue weighted by Gasteiger charge is -2.30. The fraction of sp³-hybridized carbons (Fsp3) is 0.200. The molecule has 1 aromatic heterocycles. The minimum Gasteiger partial charge on any atom is -0.497 e. The predicted octanol–water partition coefficient (Wildman–Crippen LogP) is 4.27. The van der Waals surface area contributed by atoms with Crippen molar-refractivity contribution in [3.8, 4) is 11.5 Å². The Morgan fingerprint density at radius 3 is 2.11 bits per heavy atom. The number of fused-ring (bicyclic) bond motifs is 2. The minimum absolute atomic E-state index is 0.171. The average molecular weight is 633 g/mol. The molecule has 2 aliphatic heterocycles. The molecular formula is C30H24N4O8S2. The molecule has 0 bridgehead atoms. The van der Waals surface area contributed by atoms with Crippen LogP contribution in [0.4, 0.5) is 17.1 Å². The number of aromatic nitrogens is 1. The number of amides is 3. The zero-order chi connectivity index (χ0) is 31.1. The molecule has 3 heterocycles. The first-order valence-electron chi connectivity index (χ1n) is 13.3. The van der Waals surface area contributed by atoms with Crippen molar-refractivity contribution >= 4 is 57.9 Å². The second-order valence-electron chi connectivity index (χ2n) is 10.0. The molecule has 0 spiro atoms. The van der Waals surface area contributed by atoms with Crippen LogP contribution >= 0.6 is 23.1 Å². The van der Waals surface area contributed by atoms with Gasteiger partial charge in [0, 0.05) is 28.6 Å². The summed E-state index contributed by atoms with van der Waals surface area (Å²) in [4.78, 5) is 66.1. The molecule has 1 N–H and O–H groups in total. The van der Waals surface area contributed by atoms with Gasteiger partial charge in [-0.3, -0.25) is 33.9 Å². The second-order valence-corrected chi connectivity index (χ2v) is 12.1.